The summed E-state index contributed by atoms with van der Waals surface area (Å²) in [5.41, 5.74) is 0.564. The van der Waals surface area contributed by atoms with Gasteiger partial charge in [-0.2, -0.15) is 8.78 Å². The number of hydrogen-bond acceptors (Lipinski definition) is 3. The zero-order chi connectivity index (χ0) is 12.8. The van der Waals surface area contributed by atoms with Gasteiger partial charge < -0.3 is 9.84 Å². The van der Waals surface area contributed by atoms with E-state index in [2.05, 4.69) is 4.74 Å². The van der Waals surface area contributed by atoms with E-state index in [-0.39, 0.29) is 12.4 Å². The fourth-order valence-electron chi connectivity index (χ4n) is 1.42. The zero-order valence-electron chi connectivity index (χ0n) is 9.37. The van der Waals surface area contributed by atoms with Crippen molar-refractivity contribution < 1.29 is 18.6 Å². The van der Waals surface area contributed by atoms with Gasteiger partial charge in [0, 0.05) is 23.7 Å². The van der Waals surface area contributed by atoms with Gasteiger partial charge in [-0.05, 0) is 25.2 Å². The van der Waals surface area contributed by atoms with Crippen LogP contribution in [0.1, 0.15) is 5.56 Å². The Kier molecular flexibility index (Phi) is 5.61. The molecule has 6 heteroatoms. The predicted octanol–water partition coefficient (Wildman–Crippen LogP) is 2.37. The Morgan fingerprint density at radius 1 is 1.47 bits per heavy atom. The molecular formula is C11H14ClF2NO2. The largest absolute Gasteiger partial charge is 0.434 e. The molecule has 0 aliphatic carbocycles. The lowest BCUT2D eigenvalue weighted by molar-refractivity contribution is -0.0507. The van der Waals surface area contributed by atoms with Gasteiger partial charge in [0.05, 0.1) is 6.61 Å². The number of halogens is 3. The smallest absolute Gasteiger partial charge is 0.387 e. The average Bonchev–Trinajstić information content (AvgIpc) is 2.22. The van der Waals surface area contributed by atoms with Crippen LogP contribution in [-0.2, 0) is 6.54 Å². The first-order chi connectivity index (χ1) is 8.02. The molecule has 0 fully saturated rings. The lowest BCUT2D eigenvalue weighted by atomic mass is 10.2. The van der Waals surface area contributed by atoms with Crippen molar-refractivity contribution in [2.45, 2.75) is 13.2 Å². The normalized spacial score (nSPS) is 11.2. The van der Waals surface area contributed by atoms with E-state index < -0.39 is 6.61 Å². The van der Waals surface area contributed by atoms with Gasteiger partial charge in [-0.15, -0.1) is 0 Å². The Morgan fingerprint density at radius 3 is 2.76 bits per heavy atom. The number of rotatable bonds is 6. The molecule has 1 aromatic carbocycles. The van der Waals surface area contributed by atoms with Crippen LogP contribution >= 0.6 is 11.6 Å². The molecule has 0 amide bonds. The Morgan fingerprint density at radius 2 is 2.18 bits per heavy atom. The van der Waals surface area contributed by atoms with Gasteiger partial charge in [0.25, 0.3) is 0 Å². The molecule has 0 unspecified atom stereocenters. The van der Waals surface area contributed by atoms with Crippen molar-refractivity contribution in [2.75, 3.05) is 20.2 Å². The Hall–Kier alpha value is -0.910. The van der Waals surface area contributed by atoms with Crippen LogP contribution in [0.3, 0.4) is 0 Å². The highest BCUT2D eigenvalue weighted by molar-refractivity contribution is 6.30. The first kappa shape index (κ1) is 14.2. The molecule has 0 radical (unpaired) electrons. The minimum atomic E-state index is -2.86. The van der Waals surface area contributed by atoms with Crippen LogP contribution in [-0.4, -0.2) is 36.8 Å². The van der Waals surface area contributed by atoms with E-state index in [1.54, 1.807) is 18.0 Å². The number of likely N-dealkylation sites (N-methyl/N-ethyl adjacent to an activating group) is 1. The molecule has 0 aromatic heterocycles. The minimum absolute atomic E-state index is 0.00209. The van der Waals surface area contributed by atoms with E-state index in [9.17, 15) is 8.78 Å². The maximum Gasteiger partial charge on any atom is 0.387 e. The number of benzene rings is 1. The second-order valence-corrected chi connectivity index (χ2v) is 4.03. The molecule has 0 spiro atoms. The van der Waals surface area contributed by atoms with E-state index in [4.69, 9.17) is 16.7 Å². The van der Waals surface area contributed by atoms with Crippen LogP contribution in [0.4, 0.5) is 8.78 Å². The summed E-state index contributed by atoms with van der Waals surface area (Å²) in [6, 6.07) is 4.48. The highest BCUT2D eigenvalue weighted by Crippen LogP contribution is 2.25. The van der Waals surface area contributed by atoms with Gasteiger partial charge in [-0.25, -0.2) is 0 Å². The molecule has 0 atom stereocenters. The molecule has 0 aliphatic heterocycles. The molecule has 0 bridgehead atoms. The summed E-state index contributed by atoms with van der Waals surface area (Å²) in [6.07, 6.45) is 0. The van der Waals surface area contributed by atoms with E-state index in [1.807, 2.05) is 0 Å². The number of alkyl halides is 2. The van der Waals surface area contributed by atoms with Crippen LogP contribution < -0.4 is 4.74 Å². The summed E-state index contributed by atoms with van der Waals surface area (Å²) in [6.45, 7) is -2.04. The van der Waals surface area contributed by atoms with Crippen molar-refractivity contribution >= 4 is 11.6 Å². The minimum Gasteiger partial charge on any atom is -0.434 e. The third-order valence-electron chi connectivity index (χ3n) is 2.16. The average molecular weight is 266 g/mol. The van der Waals surface area contributed by atoms with Crippen LogP contribution in [0.25, 0.3) is 0 Å². The fraction of sp³-hybridized carbons (Fsp3) is 0.455. The second-order valence-electron chi connectivity index (χ2n) is 3.59. The van der Waals surface area contributed by atoms with Crippen molar-refractivity contribution in [3.63, 3.8) is 0 Å². The van der Waals surface area contributed by atoms with E-state index in [0.717, 1.165) is 0 Å². The quantitative estimate of drug-likeness (QED) is 0.857. The van der Waals surface area contributed by atoms with E-state index >= 15 is 0 Å². The first-order valence-corrected chi connectivity index (χ1v) is 5.43. The Labute approximate surface area is 104 Å². The summed E-state index contributed by atoms with van der Waals surface area (Å²) in [5.74, 6) is 0.106. The van der Waals surface area contributed by atoms with Crippen LogP contribution in [0.5, 0.6) is 5.75 Å². The summed E-state index contributed by atoms with van der Waals surface area (Å²) >= 11 is 5.80. The van der Waals surface area contributed by atoms with Crippen molar-refractivity contribution in [1.29, 1.82) is 0 Å². The molecule has 0 saturated heterocycles. The van der Waals surface area contributed by atoms with Gasteiger partial charge in [0.15, 0.2) is 0 Å². The summed E-state index contributed by atoms with van der Waals surface area (Å²) in [5, 5.41) is 9.22. The zero-order valence-corrected chi connectivity index (χ0v) is 10.1. The lowest BCUT2D eigenvalue weighted by Crippen LogP contribution is -2.22. The molecule has 96 valence electrons. The lowest BCUT2D eigenvalue weighted by Gasteiger charge is -2.18. The van der Waals surface area contributed by atoms with Gasteiger partial charge in [-0.1, -0.05) is 11.6 Å². The maximum atomic E-state index is 12.2. The highest BCUT2D eigenvalue weighted by atomic mass is 35.5. The number of aliphatic hydroxyl groups is 1. The molecule has 17 heavy (non-hydrogen) atoms. The van der Waals surface area contributed by atoms with Gasteiger partial charge in [0.2, 0.25) is 0 Å². The van der Waals surface area contributed by atoms with Gasteiger partial charge >= 0.3 is 6.61 Å². The van der Waals surface area contributed by atoms with Gasteiger partial charge in [0.1, 0.15) is 5.75 Å². The second kappa shape index (κ2) is 6.74. The van der Waals surface area contributed by atoms with Crippen LogP contribution in [0.15, 0.2) is 18.2 Å². The Balaban J connectivity index is 2.82. The molecule has 0 heterocycles. The van der Waals surface area contributed by atoms with Gasteiger partial charge in [-0.3, -0.25) is 4.90 Å². The molecule has 1 aromatic rings. The summed E-state index contributed by atoms with van der Waals surface area (Å²) in [7, 11) is 1.77. The molecular weight excluding hydrogens is 252 g/mol. The standard InChI is InChI=1S/C11H14ClF2NO2/c1-15(4-5-16)7-8-6-9(12)2-3-10(8)17-11(13)14/h2-3,6,11,16H,4-5,7H2,1H3. The Bertz CT molecular complexity index is 363. The van der Waals surface area contributed by atoms with E-state index in [0.29, 0.717) is 23.7 Å². The molecule has 1 N–H and O–H groups in total. The third kappa shape index (κ3) is 4.85. The van der Waals surface area contributed by atoms with Crippen molar-refractivity contribution in [3.05, 3.63) is 28.8 Å². The van der Waals surface area contributed by atoms with Crippen LogP contribution in [0, 0.1) is 0 Å². The van der Waals surface area contributed by atoms with E-state index in [1.165, 1.54) is 12.1 Å². The molecule has 1 rings (SSSR count). The number of nitrogens with zero attached hydrogens (tertiary/aromatic N) is 1. The molecule has 0 aliphatic rings. The fourth-order valence-corrected chi connectivity index (χ4v) is 1.62. The number of hydrogen-bond donors (Lipinski definition) is 1. The third-order valence-corrected chi connectivity index (χ3v) is 2.40. The first-order valence-electron chi connectivity index (χ1n) is 5.05. The van der Waals surface area contributed by atoms with Crippen molar-refractivity contribution in [2.24, 2.45) is 0 Å². The molecule has 3 nitrogen and oxygen atoms in total. The topological polar surface area (TPSA) is 32.7 Å². The monoisotopic (exact) mass is 265 g/mol. The van der Waals surface area contributed by atoms with Crippen molar-refractivity contribution in [1.82, 2.24) is 4.90 Å². The molecule has 0 saturated carbocycles. The summed E-state index contributed by atoms with van der Waals surface area (Å²) < 4.78 is 28.8. The predicted molar refractivity (Wildman–Crippen MR) is 61.5 cm³/mol. The number of aliphatic hydroxyl groups excluding tert-OH is 1. The van der Waals surface area contributed by atoms with Crippen molar-refractivity contribution in [3.8, 4) is 5.75 Å². The SMILES string of the molecule is CN(CCO)Cc1cc(Cl)ccc1OC(F)F. The highest BCUT2D eigenvalue weighted by Gasteiger charge is 2.11. The van der Waals surface area contributed by atoms with Crippen LogP contribution in [0.2, 0.25) is 5.02 Å². The summed E-state index contributed by atoms with van der Waals surface area (Å²) in [4.78, 5) is 1.78. The number of ether oxygens (including phenoxy) is 1. The maximum absolute atomic E-state index is 12.2.